The first-order valence-electron chi connectivity index (χ1n) is 10.7. The molecule has 1 heterocycles. The largest absolute Gasteiger partial charge is 0.494 e. The zero-order chi connectivity index (χ0) is 19.1. The number of amides is 1. The van der Waals surface area contributed by atoms with E-state index in [0.29, 0.717) is 12.2 Å². The lowest BCUT2D eigenvalue weighted by Gasteiger charge is -2.50. The number of benzene rings is 1. The fraction of sp³-hybridized carbons (Fsp3) is 0.682. The number of rotatable bonds is 7. The molecule has 2 fully saturated rings. The van der Waals surface area contributed by atoms with Crippen molar-refractivity contribution in [3.63, 3.8) is 0 Å². The average Bonchev–Trinajstić information content (AvgIpc) is 2.73. The van der Waals surface area contributed by atoms with E-state index in [1.165, 1.54) is 32.1 Å². The van der Waals surface area contributed by atoms with Gasteiger partial charge >= 0.3 is 0 Å². The smallest absolute Gasteiger partial charge is 0.251 e. The van der Waals surface area contributed by atoms with Crippen molar-refractivity contribution in [1.29, 1.82) is 0 Å². The third kappa shape index (κ3) is 5.02. The topological polar surface area (TPSA) is 44.8 Å². The minimum Gasteiger partial charge on any atom is -0.494 e. The lowest BCUT2D eigenvalue weighted by atomic mass is 9.79. The van der Waals surface area contributed by atoms with Crippen LogP contribution in [0.3, 0.4) is 0 Å². The summed E-state index contributed by atoms with van der Waals surface area (Å²) in [4.78, 5) is 17.9. The van der Waals surface area contributed by atoms with Gasteiger partial charge in [0.25, 0.3) is 5.91 Å². The summed E-state index contributed by atoms with van der Waals surface area (Å²) in [5.41, 5.74) is 0.846. The minimum absolute atomic E-state index is 0.0233. The molecule has 0 bridgehead atoms. The second-order valence-electron chi connectivity index (χ2n) is 7.85. The fourth-order valence-electron chi connectivity index (χ4n) is 4.57. The van der Waals surface area contributed by atoms with Gasteiger partial charge in [-0.05, 0) is 50.6 Å². The van der Waals surface area contributed by atoms with E-state index in [2.05, 4.69) is 22.0 Å². The van der Waals surface area contributed by atoms with Gasteiger partial charge in [0.05, 0.1) is 6.61 Å². The van der Waals surface area contributed by atoms with Crippen LogP contribution in [0.4, 0.5) is 0 Å². The van der Waals surface area contributed by atoms with Crippen LogP contribution in [0.2, 0.25) is 0 Å². The molecule has 1 amide bonds. The fourth-order valence-corrected chi connectivity index (χ4v) is 4.57. The number of nitrogens with zero attached hydrogens (tertiary/aromatic N) is 2. The van der Waals surface area contributed by atoms with Crippen LogP contribution in [0.1, 0.15) is 56.3 Å². The number of ether oxygens (including phenoxy) is 1. The molecule has 1 aromatic rings. The Morgan fingerprint density at radius 3 is 2.30 bits per heavy atom. The van der Waals surface area contributed by atoms with Crippen molar-refractivity contribution in [2.45, 2.75) is 51.5 Å². The first-order chi connectivity index (χ1) is 13.2. The highest BCUT2D eigenvalue weighted by atomic mass is 16.5. The molecular weight excluding hydrogens is 338 g/mol. The number of hydrogen-bond donors (Lipinski definition) is 1. The summed E-state index contributed by atoms with van der Waals surface area (Å²) < 4.78 is 5.47. The lowest BCUT2D eigenvalue weighted by molar-refractivity contribution is 0.00924. The molecule has 2 aliphatic rings. The summed E-state index contributed by atoms with van der Waals surface area (Å²) in [5.74, 6) is 0.835. The van der Waals surface area contributed by atoms with Gasteiger partial charge in [-0.1, -0.05) is 26.2 Å². The molecule has 1 N–H and O–H groups in total. The summed E-state index contributed by atoms with van der Waals surface area (Å²) in [7, 11) is 0. The van der Waals surface area contributed by atoms with Crippen LogP contribution < -0.4 is 10.1 Å². The SMILES string of the molecule is CCOc1ccc(C(=O)NCC2(N3CCN(CC)CC3)CCCCC2)cc1. The van der Waals surface area contributed by atoms with E-state index in [9.17, 15) is 4.79 Å². The van der Waals surface area contributed by atoms with Gasteiger partial charge in [-0.2, -0.15) is 0 Å². The number of likely N-dealkylation sites (N-methyl/N-ethyl adjacent to an activating group) is 1. The van der Waals surface area contributed by atoms with Gasteiger partial charge < -0.3 is 15.0 Å². The quantitative estimate of drug-likeness (QED) is 0.797. The van der Waals surface area contributed by atoms with Crippen molar-refractivity contribution in [2.24, 2.45) is 0 Å². The van der Waals surface area contributed by atoms with E-state index in [1.807, 2.05) is 31.2 Å². The third-order valence-electron chi connectivity index (χ3n) is 6.28. The minimum atomic E-state index is 0.0233. The van der Waals surface area contributed by atoms with Crippen LogP contribution in [0.25, 0.3) is 0 Å². The number of hydrogen-bond acceptors (Lipinski definition) is 4. The molecule has 3 rings (SSSR count). The third-order valence-corrected chi connectivity index (χ3v) is 6.28. The van der Waals surface area contributed by atoms with Crippen LogP contribution in [0.5, 0.6) is 5.75 Å². The lowest BCUT2D eigenvalue weighted by Crippen LogP contribution is -2.61. The maximum absolute atomic E-state index is 12.7. The molecule has 0 radical (unpaired) electrons. The number of nitrogens with one attached hydrogen (secondary N) is 1. The van der Waals surface area contributed by atoms with Gasteiger partial charge in [-0.25, -0.2) is 0 Å². The molecule has 27 heavy (non-hydrogen) atoms. The summed E-state index contributed by atoms with van der Waals surface area (Å²) in [6.07, 6.45) is 6.26. The number of piperazine rings is 1. The van der Waals surface area contributed by atoms with E-state index in [1.54, 1.807) is 0 Å². The first-order valence-corrected chi connectivity index (χ1v) is 10.7. The number of carbonyl (C=O) groups excluding carboxylic acids is 1. The van der Waals surface area contributed by atoms with Crippen molar-refractivity contribution in [3.05, 3.63) is 29.8 Å². The molecule has 1 aliphatic carbocycles. The van der Waals surface area contributed by atoms with Crippen molar-refractivity contribution >= 4 is 5.91 Å². The molecule has 1 saturated heterocycles. The van der Waals surface area contributed by atoms with E-state index in [-0.39, 0.29) is 11.4 Å². The van der Waals surface area contributed by atoms with Gasteiger partial charge in [-0.15, -0.1) is 0 Å². The predicted octanol–water partition coefficient (Wildman–Crippen LogP) is 3.16. The Bertz CT molecular complexity index is 588. The average molecular weight is 374 g/mol. The maximum atomic E-state index is 12.7. The van der Waals surface area contributed by atoms with Crippen LogP contribution in [0, 0.1) is 0 Å². The molecule has 150 valence electrons. The Morgan fingerprint density at radius 2 is 1.70 bits per heavy atom. The molecule has 0 atom stereocenters. The highest BCUT2D eigenvalue weighted by Gasteiger charge is 2.39. The van der Waals surface area contributed by atoms with E-state index >= 15 is 0 Å². The molecular formula is C22H35N3O2. The summed E-state index contributed by atoms with van der Waals surface area (Å²) in [5, 5.41) is 3.25. The Kier molecular flexibility index (Phi) is 7.13. The highest BCUT2D eigenvalue weighted by Crippen LogP contribution is 2.34. The standard InChI is InChI=1S/C22H35N3O2/c1-3-24-14-16-25(17-15-24)22(12-6-5-7-13-22)18-23-21(26)19-8-10-20(11-9-19)27-4-2/h8-11H,3-7,12-18H2,1-2H3,(H,23,26). The van der Waals surface area contributed by atoms with E-state index in [4.69, 9.17) is 4.74 Å². The number of carbonyl (C=O) groups is 1. The second-order valence-corrected chi connectivity index (χ2v) is 7.85. The monoisotopic (exact) mass is 373 g/mol. The van der Waals surface area contributed by atoms with Crippen molar-refractivity contribution < 1.29 is 9.53 Å². The van der Waals surface area contributed by atoms with Gasteiger partial charge in [0.15, 0.2) is 0 Å². The first kappa shape index (κ1) is 20.2. The predicted molar refractivity (Wildman–Crippen MR) is 109 cm³/mol. The van der Waals surface area contributed by atoms with Gasteiger partial charge in [0.2, 0.25) is 0 Å². The Hall–Kier alpha value is -1.59. The molecule has 0 spiro atoms. The van der Waals surface area contributed by atoms with Crippen molar-refractivity contribution in [3.8, 4) is 5.75 Å². The Balaban J connectivity index is 1.61. The maximum Gasteiger partial charge on any atom is 0.251 e. The summed E-state index contributed by atoms with van der Waals surface area (Å²) in [6.45, 7) is 11.3. The van der Waals surface area contributed by atoms with E-state index in [0.717, 1.165) is 45.0 Å². The van der Waals surface area contributed by atoms with Gasteiger partial charge in [0.1, 0.15) is 5.75 Å². The van der Waals surface area contributed by atoms with Crippen LogP contribution in [-0.4, -0.2) is 67.1 Å². The Morgan fingerprint density at radius 1 is 1.04 bits per heavy atom. The molecule has 5 heteroatoms. The van der Waals surface area contributed by atoms with E-state index < -0.39 is 0 Å². The molecule has 1 aliphatic heterocycles. The van der Waals surface area contributed by atoms with Crippen LogP contribution in [-0.2, 0) is 0 Å². The molecule has 0 aromatic heterocycles. The van der Waals surface area contributed by atoms with Gasteiger partial charge in [-0.3, -0.25) is 9.69 Å². The molecule has 0 unspecified atom stereocenters. The zero-order valence-electron chi connectivity index (χ0n) is 17.0. The summed E-state index contributed by atoms with van der Waals surface area (Å²) in [6, 6.07) is 7.46. The van der Waals surface area contributed by atoms with Crippen molar-refractivity contribution in [1.82, 2.24) is 15.1 Å². The van der Waals surface area contributed by atoms with Gasteiger partial charge in [0, 0.05) is 43.8 Å². The molecule has 1 saturated carbocycles. The van der Waals surface area contributed by atoms with Crippen molar-refractivity contribution in [2.75, 3.05) is 45.9 Å². The summed E-state index contributed by atoms with van der Waals surface area (Å²) >= 11 is 0. The highest BCUT2D eigenvalue weighted by molar-refractivity contribution is 5.94. The molecule has 1 aromatic carbocycles. The Labute approximate surface area is 164 Å². The molecule has 5 nitrogen and oxygen atoms in total. The zero-order valence-corrected chi connectivity index (χ0v) is 17.0. The van der Waals surface area contributed by atoms with Crippen LogP contribution in [0.15, 0.2) is 24.3 Å². The van der Waals surface area contributed by atoms with Crippen LogP contribution >= 0.6 is 0 Å². The second kappa shape index (κ2) is 9.56. The normalized spacial score (nSPS) is 21.0.